The topological polar surface area (TPSA) is 76.1 Å². The van der Waals surface area contributed by atoms with Crippen molar-refractivity contribution in [3.8, 4) is 5.75 Å². The Kier molecular flexibility index (Phi) is 5.55. The summed E-state index contributed by atoms with van der Waals surface area (Å²) >= 11 is 12.0. The summed E-state index contributed by atoms with van der Waals surface area (Å²) in [4.78, 5) is 20.5. The van der Waals surface area contributed by atoms with Gasteiger partial charge in [-0.05, 0) is 42.5 Å². The van der Waals surface area contributed by atoms with Gasteiger partial charge in [0.05, 0.1) is 7.11 Å². The molecule has 0 saturated heterocycles. The molecule has 8 heteroatoms. The number of nitrogens with one attached hydrogen (secondary N) is 2. The van der Waals surface area contributed by atoms with E-state index in [0.29, 0.717) is 33.0 Å². The van der Waals surface area contributed by atoms with Crippen LogP contribution in [0.25, 0.3) is 0 Å². The summed E-state index contributed by atoms with van der Waals surface area (Å²) in [5.74, 6) is 0.791. The highest BCUT2D eigenvalue weighted by molar-refractivity contribution is 6.35. The number of anilines is 3. The molecule has 1 heterocycles. The van der Waals surface area contributed by atoms with Gasteiger partial charge in [0, 0.05) is 27.5 Å². The number of rotatable bonds is 5. The van der Waals surface area contributed by atoms with Gasteiger partial charge < -0.3 is 15.4 Å². The maximum Gasteiger partial charge on any atom is 0.274 e. The molecule has 0 aliphatic rings. The van der Waals surface area contributed by atoms with Crippen LogP contribution in [0, 0.1) is 0 Å². The molecule has 0 unspecified atom stereocenters. The lowest BCUT2D eigenvalue weighted by Gasteiger charge is -2.09. The van der Waals surface area contributed by atoms with Gasteiger partial charge in [0.15, 0.2) is 0 Å². The normalized spacial score (nSPS) is 10.3. The van der Waals surface area contributed by atoms with E-state index in [1.54, 1.807) is 49.6 Å². The van der Waals surface area contributed by atoms with Crippen LogP contribution in [0.4, 0.5) is 17.2 Å². The number of halogens is 2. The second kappa shape index (κ2) is 8.03. The number of amides is 1. The zero-order valence-corrected chi connectivity index (χ0v) is 15.2. The molecule has 0 atom stereocenters. The molecular weight excluding hydrogens is 375 g/mol. The molecule has 1 amide bonds. The van der Waals surface area contributed by atoms with Crippen molar-refractivity contribution in [3.63, 3.8) is 0 Å². The average Bonchev–Trinajstić information content (AvgIpc) is 2.61. The van der Waals surface area contributed by atoms with Crippen molar-refractivity contribution < 1.29 is 9.53 Å². The quantitative estimate of drug-likeness (QED) is 0.656. The van der Waals surface area contributed by atoms with Crippen LogP contribution < -0.4 is 15.4 Å². The van der Waals surface area contributed by atoms with E-state index >= 15 is 0 Å². The SMILES string of the molecule is COc1ccc(NC(=O)c2cc(Nc3cc(Cl)cc(Cl)c3)ncn2)cc1. The fourth-order valence-electron chi connectivity index (χ4n) is 2.19. The first-order valence-electron chi connectivity index (χ1n) is 7.54. The Labute approximate surface area is 160 Å². The van der Waals surface area contributed by atoms with Gasteiger partial charge in [0.2, 0.25) is 0 Å². The van der Waals surface area contributed by atoms with E-state index < -0.39 is 0 Å². The Morgan fingerprint density at radius 3 is 2.31 bits per heavy atom. The van der Waals surface area contributed by atoms with Crippen LogP contribution in [-0.2, 0) is 0 Å². The Hall–Kier alpha value is -2.83. The van der Waals surface area contributed by atoms with E-state index in [2.05, 4.69) is 20.6 Å². The summed E-state index contributed by atoms with van der Waals surface area (Å²) < 4.78 is 5.09. The predicted octanol–water partition coefficient (Wildman–Crippen LogP) is 4.79. The van der Waals surface area contributed by atoms with Gasteiger partial charge in [-0.15, -0.1) is 0 Å². The lowest BCUT2D eigenvalue weighted by Crippen LogP contribution is -2.14. The average molecular weight is 389 g/mol. The number of methoxy groups -OCH3 is 1. The summed E-state index contributed by atoms with van der Waals surface area (Å²) in [6.45, 7) is 0. The zero-order chi connectivity index (χ0) is 18.5. The molecule has 3 aromatic rings. The van der Waals surface area contributed by atoms with Gasteiger partial charge in [-0.25, -0.2) is 9.97 Å². The highest BCUT2D eigenvalue weighted by Gasteiger charge is 2.10. The number of nitrogens with zero attached hydrogens (tertiary/aromatic N) is 2. The van der Waals surface area contributed by atoms with Gasteiger partial charge in [-0.3, -0.25) is 4.79 Å². The van der Waals surface area contributed by atoms with Crippen LogP contribution in [-0.4, -0.2) is 23.0 Å². The van der Waals surface area contributed by atoms with E-state index in [9.17, 15) is 4.79 Å². The van der Waals surface area contributed by atoms with Crippen molar-refractivity contribution >= 4 is 46.3 Å². The molecule has 2 aromatic carbocycles. The van der Waals surface area contributed by atoms with E-state index in [-0.39, 0.29) is 11.6 Å². The van der Waals surface area contributed by atoms with Crippen LogP contribution in [0.2, 0.25) is 10.0 Å². The minimum atomic E-state index is -0.357. The van der Waals surface area contributed by atoms with Crippen LogP contribution >= 0.6 is 23.2 Å². The van der Waals surface area contributed by atoms with E-state index in [1.165, 1.54) is 12.4 Å². The number of benzene rings is 2. The molecule has 26 heavy (non-hydrogen) atoms. The van der Waals surface area contributed by atoms with Gasteiger partial charge in [-0.1, -0.05) is 23.2 Å². The fourth-order valence-corrected chi connectivity index (χ4v) is 2.72. The monoisotopic (exact) mass is 388 g/mol. The lowest BCUT2D eigenvalue weighted by molar-refractivity contribution is 0.102. The number of carbonyl (C=O) groups excluding carboxylic acids is 1. The first kappa shape index (κ1) is 18.0. The van der Waals surface area contributed by atoms with Crippen molar-refractivity contribution in [2.24, 2.45) is 0 Å². The van der Waals surface area contributed by atoms with Crippen molar-refractivity contribution in [2.75, 3.05) is 17.7 Å². The Morgan fingerprint density at radius 1 is 0.962 bits per heavy atom. The highest BCUT2D eigenvalue weighted by Crippen LogP contribution is 2.24. The van der Waals surface area contributed by atoms with Crippen molar-refractivity contribution in [1.29, 1.82) is 0 Å². The highest BCUT2D eigenvalue weighted by atomic mass is 35.5. The molecule has 3 rings (SSSR count). The zero-order valence-electron chi connectivity index (χ0n) is 13.7. The molecule has 0 saturated carbocycles. The van der Waals surface area contributed by atoms with Gasteiger partial charge in [-0.2, -0.15) is 0 Å². The van der Waals surface area contributed by atoms with Crippen molar-refractivity contribution in [1.82, 2.24) is 9.97 Å². The number of hydrogen-bond donors (Lipinski definition) is 2. The Balaban J connectivity index is 1.74. The predicted molar refractivity (Wildman–Crippen MR) is 103 cm³/mol. The molecule has 0 aliphatic heterocycles. The van der Waals surface area contributed by atoms with Gasteiger partial charge in [0.25, 0.3) is 5.91 Å². The van der Waals surface area contributed by atoms with Crippen LogP contribution in [0.1, 0.15) is 10.5 Å². The Bertz CT molecular complexity index is 912. The number of hydrogen-bond acceptors (Lipinski definition) is 5. The molecular formula is C18H14Cl2N4O2. The largest absolute Gasteiger partial charge is 0.497 e. The maximum atomic E-state index is 12.4. The summed E-state index contributed by atoms with van der Waals surface area (Å²) in [6, 6.07) is 13.6. The molecule has 0 bridgehead atoms. The van der Waals surface area contributed by atoms with E-state index in [1.807, 2.05) is 0 Å². The number of ether oxygens (including phenoxy) is 1. The second-order valence-corrected chi connectivity index (χ2v) is 6.13. The van der Waals surface area contributed by atoms with Gasteiger partial charge in [0.1, 0.15) is 23.6 Å². The molecule has 0 radical (unpaired) electrons. The molecule has 2 N–H and O–H groups in total. The number of aromatic nitrogens is 2. The summed E-state index contributed by atoms with van der Waals surface area (Å²) in [7, 11) is 1.58. The van der Waals surface area contributed by atoms with Crippen LogP contribution in [0.3, 0.4) is 0 Å². The minimum absolute atomic E-state index is 0.214. The first-order valence-corrected chi connectivity index (χ1v) is 8.29. The molecule has 6 nitrogen and oxygen atoms in total. The molecule has 0 spiro atoms. The second-order valence-electron chi connectivity index (χ2n) is 5.25. The van der Waals surface area contributed by atoms with Crippen LogP contribution in [0.5, 0.6) is 5.75 Å². The number of carbonyl (C=O) groups is 1. The summed E-state index contributed by atoms with van der Waals surface area (Å²) in [5, 5.41) is 6.79. The Morgan fingerprint density at radius 2 is 1.65 bits per heavy atom. The fraction of sp³-hybridized carbons (Fsp3) is 0.0556. The summed E-state index contributed by atoms with van der Waals surface area (Å²) in [6.07, 6.45) is 1.30. The smallest absolute Gasteiger partial charge is 0.274 e. The molecule has 0 fully saturated rings. The minimum Gasteiger partial charge on any atom is -0.497 e. The van der Waals surface area contributed by atoms with Crippen molar-refractivity contribution in [3.05, 3.63) is 70.6 Å². The lowest BCUT2D eigenvalue weighted by atomic mass is 10.2. The molecule has 0 aliphatic carbocycles. The third-order valence-electron chi connectivity index (χ3n) is 3.38. The van der Waals surface area contributed by atoms with E-state index in [4.69, 9.17) is 27.9 Å². The third kappa shape index (κ3) is 4.62. The maximum absolute atomic E-state index is 12.4. The molecule has 132 valence electrons. The third-order valence-corrected chi connectivity index (χ3v) is 3.82. The van der Waals surface area contributed by atoms with Gasteiger partial charge >= 0.3 is 0 Å². The van der Waals surface area contributed by atoms with Crippen molar-refractivity contribution in [2.45, 2.75) is 0 Å². The van der Waals surface area contributed by atoms with Crippen LogP contribution in [0.15, 0.2) is 54.9 Å². The molecule has 1 aromatic heterocycles. The van der Waals surface area contributed by atoms with E-state index in [0.717, 1.165) is 0 Å². The standard InChI is InChI=1S/C18H14Cl2N4O2/c1-26-15-4-2-13(3-5-15)24-18(25)16-9-17(22-10-21-16)23-14-7-11(19)6-12(20)8-14/h2-10H,1H3,(H,24,25)(H,21,22,23). The first-order chi connectivity index (χ1) is 12.5. The summed E-state index contributed by atoms with van der Waals surface area (Å²) in [5.41, 5.74) is 1.50.